The Morgan fingerprint density at radius 1 is 1.16 bits per heavy atom. The van der Waals surface area contributed by atoms with Gasteiger partial charge >= 0.3 is 0 Å². The van der Waals surface area contributed by atoms with Crippen LogP contribution in [-0.2, 0) is 0 Å². The van der Waals surface area contributed by atoms with Crippen LogP contribution in [0.5, 0.6) is 5.75 Å². The van der Waals surface area contributed by atoms with Gasteiger partial charge in [-0.2, -0.15) is 0 Å². The zero-order valence-corrected chi connectivity index (χ0v) is 11.1. The van der Waals surface area contributed by atoms with E-state index in [0.29, 0.717) is 18.0 Å². The van der Waals surface area contributed by atoms with E-state index in [9.17, 15) is 4.39 Å². The van der Waals surface area contributed by atoms with Crippen LogP contribution in [-0.4, -0.2) is 13.7 Å². The Balaban J connectivity index is 2.35. The minimum atomic E-state index is -0.265. The number of nitrogens with two attached hydrogens (primary N) is 1. The average Bonchev–Trinajstić information content (AvgIpc) is 2.37. The predicted molar refractivity (Wildman–Crippen MR) is 76.5 cm³/mol. The molecule has 0 fully saturated rings. The van der Waals surface area contributed by atoms with E-state index in [1.807, 2.05) is 37.1 Å². The second kappa shape index (κ2) is 5.61. The first-order valence-corrected chi connectivity index (χ1v) is 6.13. The van der Waals surface area contributed by atoms with Crippen LogP contribution in [0.4, 0.5) is 21.5 Å². The summed E-state index contributed by atoms with van der Waals surface area (Å²) in [5.74, 6) is 0.444. The van der Waals surface area contributed by atoms with Crippen LogP contribution >= 0.6 is 0 Å². The molecule has 2 rings (SSSR count). The molecule has 0 amide bonds. The van der Waals surface area contributed by atoms with Crippen LogP contribution in [0.25, 0.3) is 0 Å². The van der Waals surface area contributed by atoms with Gasteiger partial charge in [-0.1, -0.05) is 6.07 Å². The third-order valence-electron chi connectivity index (χ3n) is 2.81. The number of rotatable bonds is 4. The van der Waals surface area contributed by atoms with Gasteiger partial charge in [0.1, 0.15) is 11.6 Å². The molecule has 19 heavy (non-hydrogen) atoms. The molecule has 0 atom stereocenters. The minimum Gasteiger partial charge on any atom is -0.494 e. The zero-order valence-electron chi connectivity index (χ0n) is 11.1. The lowest BCUT2D eigenvalue weighted by molar-refractivity contribution is 0.340. The van der Waals surface area contributed by atoms with Crippen LogP contribution in [0.15, 0.2) is 42.5 Å². The van der Waals surface area contributed by atoms with Gasteiger partial charge in [0.25, 0.3) is 0 Å². The largest absolute Gasteiger partial charge is 0.494 e. The van der Waals surface area contributed by atoms with E-state index in [4.69, 9.17) is 10.5 Å². The van der Waals surface area contributed by atoms with E-state index in [1.54, 1.807) is 12.1 Å². The van der Waals surface area contributed by atoms with E-state index in [1.165, 1.54) is 12.1 Å². The van der Waals surface area contributed by atoms with Crippen molar-refractivity contribution in [2.24, 2.45) is 0 Å². The van der Waals surface area contributed by atoms with Gasteiger partial charge in [-0.25, -0.2) is 4.39 Å². The molecule has 0 aliphatic rings. The van der Waals surface area contributed by atoms with Crippen molar-refractivity contribution in [2.45, 2.75) is 6.92 Å². The van der Waals surface area contributed by atoms with Crippen LogP contribution in [0.3, 0.4) is 0 Å². The van der Waals surface area contributed by atoms with Crippen LogP contribution in [0.2, 0.25) is 0 Å². The summed E-state index contributed by atoms with van der Waals surface area (Å²) in [6.07, 6.45) is 0. The molecule has 0 radical (unpaired) electrons. The third kappa shape index (κ3) is 3.16. The minimum absolute atomic E-state index is 0.265. The fraction of sp³-hybridized carbons (Fsp3) is 0.200. The quantitative estimate of drug-likeness (QED) is 0.854. The van der Waals surface area contributed by atoms with Crippen molar-refractivity contribution in [3.8, 4) is 5.75 Å². The number of halogens is 1. The number of benzene rings is 2. The summed E-state index contributed by atoms with van der Waals surface area (Å²) >= 11 is 0. The van der Waals surface area contributed by atoms with E-state index in [2.05, 4.69) is 0 Å². The van der Waals surface area contributed by atoms with Gasteiger partial charge in [-0.15, -0.1) is 0 Å². The highest BCUT2D eigenvalue weighted by atomic mass is 19.1. The second-order valence-electron chi connectivity index (χ2n) is 4.23. The number of nitrogens with zero attached hydrogens (tertiary/aromatic N) is 1. The molecule has 2 aromatic carbocycles. The number of ether oxygens (including phenoxy) is 1. The van der Waals surface area contributed by atoms with Crippen LogP contribution in [0.1, 0.15) is 6.92 Å². The molecule has 2 N–H and O–H groups in total. The summed E-state index contributed by atoms with van der Waals surface area (Å²) in [6, 6.07) is 11.9. The first kappa shape index (κ1) is 13.2. The molecule has 2 aromatic rings. The monoisotopic (exact) mass is 260 g/mol. The number of anilines is 3. The van der Waals surface area contributed by atoms with Gasteiger partial charge in [-0.3, -0.25) is 0 Å². The molecule has 0 spiro atoms. The molecule has 0 aliphatic carbocycles. The lowest BCUT2D eigenvalue weighted by Crippen LogP contribution is -2.10. The summed E-state index contributed by atoms with van der Waals surface area (Å²) in [4.78, 5) is 1.86. The Labute approximate surface area is 112 Å². The molecular weight excluding hydrogens is 243 g/mol. The first-order valence-electron chi connectivity index (χ1n) is 6.13. The molecule has 100 valence electrons. The van der Waals surface area contributed by atoms with E-state index in [0.717, 1.165) is 11.4 Å². The van der Waals surface area contributed by atoms with Crippen molar-refractivity contribution < 1.29 is 9.13 Å². The average molecular weight is 260 g/mol. The molecule has 0 saturated heterocycles. The van der Waals surface area contributed by atoms with Crippen molar-refractivity contribution in [1.29, 1.82) is 0 Å². The van der Waals surface area contributed by atoms with Crippen molar-refractivity contribution in [3.63, 3.8) is 0 Å². The molecule has 0 bridgehead atoms. The van der Waals surface area contributed by atoms with Crippen LogP contribution in [0, 0.1) is 5.82 Å². The smallest absolute Gasteiger partial charge is 0.125 e. The molecular formula is C15H17FN2O. The Morgan fingerprint density at radius 2 is 1.95 bits per heavy atom. The zero-order chi connectivity index (χ0) is 13.8. The van der Waals surface area contributed by atoms with Crippen molar-refractivity contribution in [2.75, 3.05) is 24.3 Å². The van der Waals surface area contributed by atoms with Gasteiger partial charge in [0, 0.05) is 36.2 Å². The van der Waals surface area contributed by atoms with E-state index < -0.39 is 0 Å². The molecule has 0 saturated carbocycles. The van der Waals surface area contributed by atoms with Crippen LogP contribution < -0.4 is 15.4 Å². The van der Waals surface area contributed by atoms with Gasteiger partial charge < -0.3 is 15.4 Å². The van der Waals surface area contributed by atoms with Gasteiger partial charge in [0.2, 0.25) is 0 Å². The standard InChI is InChI=1S/C15H17FN2O/c1-3-19-15-9-12(17)8-14(10-15)18(2)13-6-4-5-11(16)7-13/h4-10H,3,17H2,1-2H3. The molecule has 0 unspecified atom stereocenters. The number of nitrogen functional groups attached to an aromatic ring is 1. The SMILES string of the molecule is CCOc1cc(N)cc(N(C)c2cccc(F)c2)c1. The Kier molecular flexibility index (Phi) is 3.90. The first-order chi connectivity index (χ1) is 9.10. The summed E-state index contributed by atoms with van der Waals surface area (Å²) in [5.41, 5.74) is 8.08. The maximum atomic E-state index is 13.2. The molecule has 0 aromatic heterocycles. The Morgan fingerprint density at radius 3 is 2.63 bits per heavy atom. The maximum absolute atomic E-state index is 13.2. The van der Waals surface area contributed by atoms with E-state index >= 15 is 0 Å². The highest BCUT2D eigenvalue weighted by Crippen LogP contribution is 2.29. The molecule has 4 heteroatoms. The van der Waals surface area contributed by atoms with Gasteiger partial charge in [0.15, 0.2) is 0 Å². The Hall–Kier alpha value is -2.23. The highest BCUT2D eigenvalue weighted by Gasteiger charge is 2.07. The Bertz CT molecular complexity index is 572. The molecule has 0 aliphatic heterocycles. The highest BCUT2D eigenvalue weighted by molar-refractivity contribution is 5.68. The predicted octanol–water partition coefficient (Wildman–Crippen LogP) is 3.57. The van der Waals surface area contributed by atoms with Gasteiger partial charge in [0.05, 0.1) is 6.61 Å². The fourth-order valence-electron chi connectivity index (χ4n) is 1.88. The van der Waals surface area contributed by atoms with Crippen molar-refractivity contribution >= 4 is 17.1 Å². The second-order valence-corrected chi connectivity index (χ2v) is 4.23. The number of hydrogen-bond acceptors (Lipinski definition) is 3. The molecule has 0 heterocycles. The fourth-order valence-corrected chi connectivity index (χ4v) is 1.88. The summed E-state index contributed by atoms with van der Waals surface area (Å²) in [7, 11) is 1.86. The molecule has 3 nitrogen and oxygen atoms in total. The van der Waals surface area contributed by atoms with Crippen molar-refractivity contribution in [1.82, 2.24) is 0 Å². The van der Waals surface area contributed by atoms with Crippen molar-refractivity contribution in [3.05, 3.63) is 48.3 Å². The number of hydrogen-bond donors (Lipinski definition) is 1. The maximum Gasteiger partial charge on any atom is 0.125 e. The topological polar surface area (TPSA) is 38.5 Å². The third-order valence-corrected chi connectivity index (χ3v) is 2.81. The normalized spacial score (nSPS) is 10.3. The summed E-state index contributed by atoms with van der Waals surface area (Å²) < 4.78 is 18.7. The van der Waals surface area contributed by atoms with Gasteiger partial charge in [-0.05, 0) is 31.2 Å². The lowest BCUT2D eigenvalue weighted by Gasteiger charge is -2.21. The lowest BCUT2D eigenvalue weighted by atomic mass is 10.2. The summed E-state index contributed by atoms with van der Waals surface area (Å²) in [6.45, 7) is 2.49. The summed E-state index contributed by atoms with van der Waals surface area (Å²) in [5, 5.41) is 0. The van der Waals surface area contributed by atoms with E-state index in [-0.39, 0.29) is 5.82 Å².